The lowest BCUT2D eigenvalue weighted by Crippen LogP contribution is -2.63. The smallest absolute Gasteiger partial charge is 0.267 e. The Hall–Kier alpha value is -3.01. The molecular weight excluding hydrogens is 418 g/mol. The molecular formula is C22H26F2N6O2. The Balaban J connectivity index is 1.23. The average molecular weight is 444 g/mol. The number of nitrogens with one attached hydrogen (secondary N) is 1. The molecule has 0 radical (unpaired) electrons. The number of amides is 2. The fraction of sp³-hybridized carbons (Fsp3) is 0.500. The van der Waals surface area contributed by atoms with E-state index >= 15 is 0 Å². The maximum absolute atomic E-state index is 14.6. The lowest BCUT2D eigenvalue weighted by Gasteiger charge is -2.46. The molecule has 3 aliphatic heterocycles. The standard InChI is InChI=1S/C22H26F2N6O2/c1-12-22(32)27-17-9-13(8-14-15(23)11-30(12)19(14)17)10-28-4-6-29(7-5-28)18-3-2-16(21(25)31)26-20(18)24/h2-3,8,11-13,17,19H,4-7,9-10H2,1H3,(H2,25,31)(H,27,32)/t12-,13?,17?,19?/m0/s1. The molecule has 3 N–H and O–H groups in total. The average Bonchev–Trinajstić information content (AvgIpc) is 3.10. The van der Waals surface area contributed by atoms with E-state index in [9.17, 15) is 18.4 Å². The predicted molar refractivity (Wildman–Crippen MR) is 114 cm³/mol. The zero-order valence-corrected chi connectivity index (χ0v) is 17.8. The van der Waals surface area contributed by atoms with Crippen LogP contribution in [0.3, 0.4) is 0 Å². The van der Waals surface area contributed by atoms with Gasteiger partial charge < -0.3 is 20.9 Å². The second kappa shape index (κ2) is 7.84. The van der Waals surface area contributed by atoms with E-state index in [-0.39, 0.29) is 41.5 Å². The van der Waals surface area contributed by atoms with Crippen molar-refractivity contribution in [3.63, 3.8) is 0 Å². The van der Waals surface area contributed by atoms with Crippen LogP contribution in [-0.4, -0.2) is 77.4 Å². The van der Waals surface area contributed by atoms with Crippen LogP contribution in [0.15, 0.2) is 35.8 Å². The maximum atomic E-state index is 14.6. The van der Waals surface area contributed by atoms with Crippen molar-refractivity contribution in [2.24, 2.45) is 11.7 Å². The number of carbonyl (C=O) groups is 2. The number of hydrogen-bond acceptors (Lipinski definition) is 6. The molecule has 2 fully saturated rings. The van der Waals surface area contributed by atoms with Gasteiger partial charge in [0, 0.05) is 44.5 Å². The van der Waals surface area contributed by atoms with Gasteiger partial charge in [0.1, 0.15) is 17.6 Å². The van der Waals surface area contributed by atoms with Gasteiger partial charge in [-0.2, -0.15) is 4.39 Å². The number of hydrogen-bond donors (Lipinski definition) is 2. The molecule has 0 bridgehead atoms. The molecule has 4 aliphatic rings. The van der Waals surface area contributed by atoms with E-state index in [1.54, 1.807) is 6.92 Å². The van der Waals surface area contributed by atoms with Gasteiger partial charge in [0.05, 0.1) is 17.8 Å². The van der Waals surface area contributed by atoms with Crippen LogP contribution >= 0.6 is 0 Å². The van der Waals surface area contributed by atoms with Crippen LogP contribution in [0.1, 0.15) is 23.8 Å². The second-order valence-electron chi connectivity index (χ2n) is 8.94. The number of aromatic nitrogens is 1. The van der Waals surface area contributed by atoms with Crippen molar-refractivity contribution in [2.45, 2.75) is 31.5 Å². The number of nitrogens with two attached hydrogens (primary N) is 1. The molecule has 4 atom stereocenters. The number of nitrogens with zero attached hydrogens (tertiary/aromatic N) is 4. The lowest BCUT2D eigenvalue weighted by molar-refractivity contribution is -0.130. The van der Waals surface area contributed by atoms with Crippen LogP contribution in [-0.2, 0) is 4.79 Å². The van der Waals surface area contributed by atoms with E-state index in [1.165, 1.54) is 18.3 Å². The second-order valence-corrected chi connectivity index (χ2v) is 8.94. The van der Waals surface area contributed by atoms with Crippen LogP contribution < -0.4 is 16.0 Å². The summed E-state index contributed by atoms with van der Waals surface area (Å²) in [5.41, 5.74) is 6.10. The highest BCUT2D eigenvalue weighted by Gasteiger charge is 2.47. The number of anilines is 1. The highest BCUT2D eigenvalue weighted by Crippen LogP contribution is 2.40. The molecule has 5 rings (SSSR count). The van der Waals surface area contributed by atoms with Gasteiger partial charge in [-0.05, 0) is 31.4 Å². The summed E-state index contributed by atoms with van der Waals surface area (Å²) < 4.78 is 29.0. The summed E-state index contributed by atoms with van der Waals surface area (Å²) >= 11 is 0. The van der Waals surface area contributed by atoms with Gasteiger partial charge >= 0.3 is 0 Å². The zero-order chi connectivity index (χ0) is 22.6. The Morgan fingerprint density at radius 1 is 1.25 bits per heavy atom. The molecule has 4 heterocycles. The highest BCUT2D eigenvalue weighted by atomic mass is 19.1. The molecule has 32 heavy (non-hydrogen) atoms. The first-order valence-electron chi connectivity index (χ1n) is 10.9. The van der Waals surface area contributed by atoms with Gasteiger partial charge in [-0.3, -0.25) is 14.5 Å². The molecule has 3 unspecified atom stereocenters. The molecule has 8 nitrogen and oxygen atoms in total. The van der Waals surface area contributed by atoms with E-state index < -0.39 is 11.9 Å². The topological polar surface area (TPSA) is 94.8 Å². The van der Waals surface area contributed by atoms with Crippen molar-refractivity contribution < 1.29 is 18.4 Å². The third kappa shape index (κ3) is 3.52. The molecule has 0 spiro atoms. The summed E-state index contributed by atoms with van der Waals surface area (Å²) in [6.45, 7) is 5.21. The van der Waals surface area contributed by atoms with Crippen molar-refractivity contribution in [3.8, 4) is 0 Å². The molecule has 2 saturated heterocycles. The van der Waals surface area contributed by atoms with E-state index in [1.807, 2.05) is 15.9 Å². The first-order chi connectivity index (χ1) is 15.3. The van der Waals surface area contributed by atoms with E-state index in [4.69, 9.17) is 5.73 Å². The van der Waals surface area contributed by atoms with Crippen LogP contribution in [0.25, 0.3) is 0 Å². The molecule has 0 aromatic carbocycles. The fourth-order valence-corrected chi connectivity index (χ4v) is 5.33. The van der Waals surface area contributed by atoms with E-state index in [0.717, 1.165) is 26.1 Å². The van der Waals surface area contributed by atoms with Gasteiger partial charge in [-0.15, -0.1) is 0 Å². The molecule has 170 valence electrons. The highest BCUT2D eigenvalue weighted by molar-refractivity contribution is 5.91. The number of pyridine rings is 1. The Morgan fingerprint density at radius 3 is 2.69 bits per heavy atom. The fourth-order valence-electron chi connectivity index (χ4n) is 5.33. The van der Waals surface area contributed by atoms with Crippen molar-refractivity contribution >= 4 is 17.5 Å². The minimum atomic E-state index is -0.760. The first kappa shape index (κ1) is 20.9. The number of halogens is 2. The minimum absolute atomic E-state index is 0.0659. The van der Waals surface area contributed by atoms with Crippen LogP contribution in [0.2, 0.25) is 0 Å². The van der Waals surface area contributed by atoms with E-state index in [2.05, 4.69) is 15.2 Å². The normalized spacial score (nSPS) is 29.9. The van der Waals surface area contributed by atoms with Gasteiger partial charge in [0.2, 0.25) is 11.9 Å². The van der Waals surface area contributed by atoms with Gasteiger partial charge in [0.25, 0.3) is 5.91 Å². The summed E-state index contributed by atoms with van der Waals surface area (Å²) in [5.74, 6) is -1.65. The Labute approximate surface area is 184 Å². The number of piperazine rings is 2. The van der Waals surface area contributed by atoms with Crippen molar-refractivity contribution in [1.82, 2.24) is 20.1 Å². The largest absolute Gasteiger partial charge is 0.365 e. The quantitative estimate of drug-likeness (QED) is 0.667. The maximum Gasteiger partial charge on any atom is 0.267 e. The number of carbonyl (C=O) groups excluding carboxylic acids is 2. The number of rotatable bonds is 4. The summed E-state index contributed by atoms with van der Waals surface area (Å²) in [4.78, 5) is 33.2. The summed E-state index contributed by atoms with van der Waals surface area (Å²) in [7, 11) is 0. The van der Waals surface area contributed by atoms with Crippen LogP contribution in [0.5, 0.6) is 0 Å². The Morgan fingerprint density at radius 2 is 2.00 bits per heavy atom. The SMILES string of the molecule is C[C@H]1C(=O)NC2CC(CN3CCN(c4ccc(C(N)=O)nc4F)CC3)C=C3C(F)=CN1C32. The van der Waals surface area contributed by atoms with Crippen LogP contribution in [0.4, 0.5) is 14.5 Å². The van der Waals surface area contributed by atoms with Crippen molar-refractivity contribution in [1.29, 1.82) is 0 Å². The summed E-state index contributed by atoms with van der Waals surface area (Å²) in [5, 5.41) is 3.07. The Kier molecular flexibility index (Phi) is 5.11. The minimum Gasteiger partial charge on any atom is -0.365 e. The van der Waals surface area contributed by atoms with Crippen molar-refractivity contribution in [3.05, 3.63) is 47.5 Å². The van der Waals surface area contributed by atoms with E-state index in [0.29, 0.717) is 24.4 Å². The molecule has 10 heteroatoms. The van der Waals surface area contributed by atoms with Gasteiger partial charge in [0.15, 0.2) is 0 Å². The van der Waals surface area contributed by atoms with Crippen molar-refractivity contribution in [2.75, 3.05) is 37.6 Å². The third-order valence-electron chi connectivity index (χ3n) is 6.97. The lowest BCUT2D eigenvalue weighted by atomic mass is 9.81. The Bertz CT molecular complexity index is 1020. The van der Waals surface area contributed by atoms with Crippen LogP contribution in [0, 0.1) is 11.9 Å². The number of primary amides is 1. The monoisotopic (exact) mass is 444 g/mol. The third-order valence-corrected chi connectivity index (χ3v) is 6.97. The zero-order valence-electron chi connectivity index (χ0n) is 17.8. The van der Waals surface area contributed by atoms with Gasteiger partial charge in [-0.1, -0.05) is 6.08 Å². The first-order valence-corrected chi connectivity index (χ1v) is 10.9. The predicted octanol–water partition coefficient (Wildman–Crippen LogP) is 0.770. The molecule has 1 aromatic rings. The molecule has 1 aromatic heterocycles. The van der Waals surface area contributed by atoms with Gasteiger partial charge in [-0.25, -0.2) is 9.37 Å². The summed E-state index contributed by atoms with van der Waals surface area (Å²) in [6.07, 6.45) is 4.26. The molecule has 1 aliphatic carbocycles. The molecule has 0 saturated carbocycles. The molecule has 2 amide bonds. The summed E-state index contributed by atoms with van der Waals surface area (Å²) in [6, 6.07) is 2.39.